The highest BCUT2D eigenvalue weighted by Crippen LogP contribution is 2.44. The summed E-state index contributed by atoms with van der Waals surface area (Å²) in [6.07, 6.45) is 1.99. The van der Waals surface area contributed by atoms with Crippen molar-refractivity contribution in [3.8, 4) is 29.1 Å². The molecule has 3 aromatic carbocycles. The zero-order valence-corrected chi connectivity index (χ0v) is 21.3. The monoisotopic (exact) mass is 548 g/mol. The van der Waals surface area contributed by atoms with Gasteiger partial charge in [-0.25, -0.2) is 4.79 Å². The van der Waals surface area contributed by atoms with Crippen LogP contribution in [0.5, 0.6) is 23.0 Å². The summed E-state index contributed by atoms with van der Waals surface area (Å²) in [5.74, 6) is 0.960. The molecule has 1 unspecified atom stereocenters. The molecule has 184 valence electrons. The van der Waals surface area contributed by atoms with Gasteiger partial charge in [0.05, 0.1) is 12.5 Å². The van der Waals surface area contributed by atoms with Crippen molar-refractivity contribution >= 4 is 21.9 Å². The van der Waals surface area contributed by atoms with Crippen LogP contribution in [0.4, 0.5) is 0 Å². The smallest absolute Gasteiger partial charge is 0.349 e. The molecule has 7 nitrogen and oxygen atoms in total. The Labute approximate surface area is 218 Å². The van der Waals surface area contributed by atoms with Crippen LogP contribution < -0.4 is 24.7 Å². The largest absolute Gasteiger partial charge is 0.494 e. The molecule has 1 heterocycles. The quantitative estimate of drug-likeness (QED) is 0.204. The van der Waals surface area contributed by atoms with Crippen molar-refractivity contribution in [1.29, 1.82) is 5.26 Å². The van der Waals surface area contributed by atoms with E-state index >= 15 is 0 Å². The van der Waals surface area contributed by atoms with Crippen LogP contribution in [-0.2, 0) is 4.79 Å². The molecule has 0 amide bonds. The second kappa shape index (κ2) is 11.6. The van der Waals surface area contributed by atoms with Crippen molar-refractivity contribution in [1.82, 2.24) is 0 Å². The van der Waals surface area contributed by atoms with Crippen LogP contribution in [0.25, 0.3) is 0 Å². The number of benzene rings is 3. The Balaban J connectivity index is 1.53. The maximum Gasteiger partial charge on any atom is 0.349 e. The molecule has 0 saturated carbocycles. The first-order valence-electron chi connectivity index (χ1n) is 11.5. The van der Waals surface area contributed by atoms with Crippen LogP contribution >= 0.6 is 15.9 Å². The second-order valence-corrected chi connectivity index (χ2v) is 9.03. The summed E-state index contributed by atoms with van der Waals surface area (Å²) in [6.45, 7) is 2.47. The Morgan fingerprint density at radius 2 is 1.83 bits per heavy atom. The fourth-order valence-electron chi connectivity index (χ4n) is 3.79. The lowest BCUT2D eigenvalue weighted by atomic mass is 9.83. The zero-order chi connectivity index (χ0) is 25.5. The third kappa shape index (κ3) is 5.99. The normalized spacial score (nSPS) is 14.3. The van der Waals surface area contributed by atoms with E-state index in [1.807, 2.05) is 36.4 Å². The third-order valence-electron chi connectivity index (χ3n) is 5.55. The minimum atomic E-state index is -0.566. The Morgan fingerprint density at radius 3 is 2.58 bits per heavy atom. The molecule has 2 N–H and O–H groups in total. The van der Waals surface area contributed by atoms with Crippen molar-refractivity contribution in [2.24, 2.45) is 5.73 Å². The first kappa shape index (κ1) is 25.1. The zero-order valence-electron chi connectivity index (χ0n) is 19.7. The molecular weight excluding hydrogens is 524 g/mol. The molecule has 4 rings (SSSR count). The highest BCUT2D eigenvalue weighted by atomic mass is 79.9. The van der Waals surface area contributed by atoms with E-state index in [1.54, 1.807) is 30.3 Å². The minimum absolute atomic E-state index is 0.00866. The fourth-order valence-corrected chi connectivity index (χ4v) is 4.06. The van der Waals surface area contributed by atoms with Gasteiger partial charge in [-0.05, 0) is 54.4 Å². The predicted molar refractivity (Wildman–Crippen MR) is 138 cm³/mol. The number of allylic oxidation sites excluding steroid dienone is 1. The van der Waals surface area contributed by atoms with Crippen molar-refractivity contribution < 1.29 is 23.7 Å². The number of hydrogen-bond donors (Lipinski definition) is 1. The molecule has 1 aliphatic rings. The standard InChI is InChI=1S/C28H25BrN2O5/c1-2-3-13-33-21-6-4-5-18(14-21)27-23-12-11-22(15-25(23)36-28(31)24(27)16-30)35-26(32)17-34-20-9-7-19(29)8-10-20/h4-12,14-15,27H,2-3,13,17,31H2,1H3. The number of hydrogen-bond acceptors (Lipinski definition) is 7. The first-order chi connectivity index (χ1) is 17.5. The van der Waals surface area contributed by atoms with Gasteiger partial charge in [0.25, 0.3) is 0 Å². The maximum atomic E-state index is 12.3. The van der Waals surface area contributed by atoms with Gasteiger partial charge in [-0.1, -0.05) is 47.5 Å². The SMILES string of the molecule is CCCCOc1cccc(C2C(C#N)=C(N)Oc3cc(OC(=O)COc4ccc(Br)cc4)ccc32)c1. The van der Waals surface area contributed by atoms with Crippen LogP contribution in [0, 0.1) is 11.3 Å². The molecule has 0 aliphatic carbocycles. The van der Waals surface area contributed by atoms with Gasteiger partial charge < -0.3 is 24.7 Å². The van der Waals surface area contributed by atoms with Gasteiger partial charge in [0, 0.05) is 16.1 Å². The molecule has 0 radical (unpaired) electrons. The van der Waals surface area contributed by atoms with Gasteiger partial charge in [0.15, 0.2) is 6.61 Å². The number of fused-ring (bicyclic) bond motifs is 1. The van der Waals surface area contributed by atoms with Crippen LogP contribution in [0.3, 0.4) is 0 Å². The molecule has 1 aliphatic heterocycles. The summed E-state index contributed by atoms with van der Waals surface area (Å²) in [7, 11) is 0. The Kier molecular flexibility index (Phi) is 8.13. The van der Waals surface area contributed by atoms with Crippen molar-refractivity contribution in [2.45, 2.75) is 25.7 Å². The van der Waals surface area contributed by atoms with E-state index in [-0.39, 0.29) is 18.2 Å². The molecule has 0 fully saturated rings. The molecule has 0 aromatic heterocycles. The van der Waals surface area contributed by atoms with Gasteiger partial charge in [-0.15, -0.1) is 0 Å². The lowest BCUT2D eigenvalue weighted by Crippen LogP contribution is -2.21. The van der Waals surface area contributed by atoms with Gasteiger partial charge >= 0.3 is 5.97 Å². The highest BCUT2D eigenvalue weighted by molar-refractivity contribution is 9.10. The average Bonchev–Trinajstić information content (AvgIpc) is 2.88. The number of carbonyl (C=O) groups is 1. The van der Waals surface area contributed by atoms with E-state index in [4.69, 9.17) is 24.7 Å². The molecule has 0 spiro atoms. The summed E-state index contributed by atoms with van der Waals surface area (Å²) in [5, 5.41) is 9.82. The van der Waals surface area contributed by atoms with Crippen molar-refractivity contribution in [3.05, 3.63) is 93.8 Å². The van der Waals surface area contributed by atoms with Crippen molar-refractivity contribution in [2.75, 3.05) is 13.2 Å². The van der Waals surface area contributed by atoms with Crippen LogP contribution in [0.15, 0.2) is 82.7 Å². The number of nitrogens with two attached hydrogens (primary N) is 1. The molecular formula is C28H25BrN2O5. The number of nitriles is 1. The number of rotatable bonds is 9. The fraction of sp³-hybridized carbons (Fsp3) is 0.214. The van der Waals surface area contributed by atoms with Gasteiger partial charge in [-0.3, -0.25) is 0 Å². The summed E-state index contributed by atoms with van der Waals surface area (Å²) < 4.78 is 23.4. The molecule has 0 saturated heterocycles. The molecule has 36 heavy (non-hydrogen) atoms. The molecule has 3 aromatic rings. The van der Waals surface area contributed by atoms with E-state index in [0.717, 1.165) is 34.2 Å². The molecule has 1 atom stereocenters. The third-order valence-corrected chi connectivity index (χ3v) is 6.08. The number of esters is 1. The Morgan fingerprint density at radius 1 is 1.06 bits per heavy atom. The van der Waals surface area contributed by atoms with Crippen LogP contribution in [0.1, 0.15) is 36.8 Å². The van der Waals surface area contributed by atoms with Gasteiger partial charge in [0.2, 0.25) is 5.88 Å². The van der Waals surface area contributed by atoms with Gasteiger partial charge in [-0.2, -0.15) is 5.26 Å². The lowest BCUT2D eigenvalue weighted by molar-refractivity contribution is -0.136. The maximum absolute atomic E-state index is 12.3. The van der Waals surface area contributed by atoms with E-state index in [9.17, 15) is 10.1 Å². The molecule has 8 heteroatoms. The summed E-state index contributed by atoms with van der Waals surface area (Å²) in [4.78, 5) is 12.3. The molecule has 0 bridgehead atoms. The first-order valence-corrected chi connectivity index (χ1v) is 12.3. The summed E-state index contributed by atoms with van der Waals surface area (Å²) >= 11 is 3.35. The van der Waals surface area contributed by atoms with Crippen LogP contribution in [-0.4, -0.2) is 19.2 Å². The Hall–Kier alpha value is -3.96. The summed E-state index contributed by atoms with van der Waals surface area (Å²) in [5.41, 5.74) is 8.00. The van der Waals surface area contributed by atoms with Crippen LogP contribution in [0.2, 0.25) is 0 Å². The van der Waals surface area contributed by atoms with E-state index < -0.39 is 11.9 Å². The number of ether oxygens (including phenoxy) is 4. The average molecular weight is 549 g/mol. The second-order valence-electron chi connectivity index (χ2n) is 8.12. The van der Waals surface area contributed by atoms with E-state index in [2.05, 4.69) is 28.9 Å². The number of carbonyl (C=O) groups excluding carboxylic acids is 1. The number of unbranched alkanes of at least 4 members (excludes halogenated alkanes) is 1. The number of halogens is 1. The highest BCUT2D eigenvalue weighted by Gasteiger charge is 2.31. The lowest BCUT2D eigenvalue weighted by Gasteiger charge is -2.27. The summed E-state index contributed by atoms with van der Waals surface area (Å²) in [6, 6.07) is 21.9. The predicted octanol–water partition coefficient (Wildman–Crippen LogP) is 5.83. The van der Waals surface area contributed by atoms with E-state index in [0.29, 0.717) is 23.7 Å². The minimum Gasteiger partial charge on any atom is -0.494 e. The van der Waals surface area contributed by atoms with E-state index in [1.165, 1.54) is 0 Å². The topological polar surface area (TPSA) is 104 Å². The Bertz CT molecular complexity index is 1310. The number of nitrogens with zero attached hydrogens (tertiary/aromatic N) is 1. The van der Waals surface area contributed by atoms with Gasteiger partial charge in [0.1, 0.15) is 34.6 Å². The van der Waals surface area contributed by atoms with Crippen molar-refractivity contribution in [3.63, 3.8) is 0 Å².